The Bertz CT molecular complexity index is 305. The number of hydrogen-bond donors (Lipinski definition) is 0. The molecule has 1 aromatic heterocycles. The van der Waals surface area contributed by atoms with E-state index in [1.807, 2.05) is 0 Å². The SMILES string of the molecule is CC1(c2csc(C(F)(F)F)c2)CO1. The molecule has 0 aliphatic carbocycles. The fraction of sp³-hybridized carbons (Fsp3) is 0.500. The van der Waals surface area contributed by atoms with E-state index in [2.05, 4.69) is 0 Å². The van der Waals surface area contributed by atoms with Gasteiger partial charge in [0.2, 0.25) is 0 Å². The van der Waals surface area contributed by atoms with Crippen LogP contribution in [0.2, 0.25) is 0 Å². The minimum atomic E-state index is -4.23. The maximum atomic E-state index is 12.2. The van der Waals surface area contributed by atoms with Crippen molar-refractivity contribution < 1.29 is 17.9 Å². The number of rotatable bonds is 1. The van der Waals surface area contributed by atoms with E-state index >= 15 is 0 Å². The summed E-state index contributed by atoms with van der Waals surface area (Å²) in [5.41, 5.74) is 0.171. The molecule has 1 aromatic rings. The topological polar surface area (TPSA) is 12.5 Å². The van der Waals surface area contributed by atoms with Crippen LogP contribution in [-0.2, 0) is 16.5 Å². The zero-order chi connectivity index (χ0) is 9.69. The molecule has 0 saturated carbocycles. The second-order valence-corrected chi connectivity index (χ2v) is 4.13. The molecule has 0 spiro atoms. The lowest BCUT2D eigenvalue weighted by Gasteiger charge is -2.01. The quantitative estimate of drug-likeness (QED) is 0.646. The van der Waals surface area contributed by atoms with E-state index in [9.17, 15) is 13.2 Å². The molecule has 2 heterocycles. The van der Waals surface area contributed by atoms with Crippen molar-refractivity contribution in [2.45, 2.75) is 18.7 Å². The van der Waals surface area contributed by atoms with Crippen molar-refractivity contribution in [1.82, 2.24) is 0 Å². The van der Waals surface area contributed by atoms with Crippen LogP contribution in [-0.4, -0.2) is 6.61 Å². The van der Waals surface area contributed by atoms with Crippen LogP contribution < -0.4 is 0 Å². The number of thiophene rings is 1. The first-order chi connectivity index (χ1) is 5.92. The second kappa shape index (κ2) is 2.48. The second-order valence-electron chi connectivity index (χ2n) is 3.22. The van der Waals surface area contributed by atoms with Crippen LogP contribution in [0.25, 0.3) is 0 Å². The first kappa shape index (κ1) is 9.02. The predicted octanol–water partition coefficient (Wildman–Crippen LogP) is 3.01. The lowest BCUT2D eigenvalue weighted by Crippen LogP contribution is -2.03. The first-order valence-corrected chi connectivity index (χ1v) is 4.60. The van der Waals surface area contributed by atoms with Gasteiger partial charge >= 0.3 is 6.18 Å². The summed E-state index contributed by atoms with van der Waals surface area (Å²) in [6.07, 6.45) is -4.23. The average Bonchev–Trinajstić information content (AvgIpc) is 2.60. The summed E-state index contributed by atoms with van der Waals surface area (Å²) < 4.78 is 41.6. The average molecular weight is 208 g/mol. The summed E-state index contributed by atoms with van der Waals surface area (Å²) >= 11 is 0.718. The zero-order valence-corrected chi connectivity index (χ0v) is 7.63. The number of halogens is 3. The van der Waals surface area contributed by atoms with Crippen molar-refractivity contribution in [2.24, 2.45) is 0 Å². The molecular weight excluding hydrogens is 201 g/mol. The maximum absolute atomic E-state index is 12.2. The lowest BCUT2D eigenvalue weighted by molar-refractivity contribution is -0.134. The summed E-state index contributed by atoms with van der Waals surface area (Å²) in [7, 11) is 0. The van der Waals surface area contributed by atoms with E-state index in [-0.39, 0.29) is 0 Å². The van der Waals surface area contributed by atoms with Crippen LogP contribution in [0.4, 0.5) is 13.2 Å². The van der Waals surface area contributed by atoms with Gasteiger partial charge in [-0.2, -0.15) is 13.2 Å². The van der Waals surface area contributed by atoms with Gasteiger partial charge in [0.05, 0.1) is 6.61 Å². The van der Waals surface area contributed by atoms with Crippen molar-refractivity contribution in [3.8, 4) is 0 Å². The molecule has 0 bridgehead atoms. The molecule has 1 fully saturated rings. The number of hydrogen-bond acceptors (Lipinski definition) is 2. The van der Waals surface area contributed by atoms with E-state index in [1.54, 1.807) is 6.92 Å². The van der Waals surface area contributed by atoms with Crippen LogP contribution in [0.3, 0.4) is 0 Å². The van der Waals surface area contributed by atoms with Gasteiger partial charge in [0, 0.05) is 0 Å². The molecule has 1 atom stereocenters. The highest BCUT2D eigenvalue weighted by molar-refractivity contribution is 7.10. The Labute approximate surface area is 77.1 Å². The zero-order valence-electron chi connectivity index (χ0n) is 6.81. The highest BCUT2D eigenvalue weighted by Crippen LogP contribution is 2.43. The molecule has 5 heteroatoms. The van der Waals surface area contributed by atoms with E-state index < -0.39 is 16.7 Å². The molecule has 1 aliphatic heterocycles. The molecule has 0 aromatic carbocycles. The molecule has 1 unspecified atom stereocenters. The van der Waals surface area contributed by atoms with Crippen molar-refractivity contribution in [2.75, 3.05) is 6.61 Å². The van der Waals surface area contributed by atoms with E-state index in [0.29, 0.717) is 12.2 Å². The monoisotopic (exact) mass is 208 g/mol. The van der Waals surface area contributed by atoms with Gasteiger partial charge in [-0.25, -0.2) is 0 Å². The van der Waals surface area contributed by atoms with E-state index in [4.69, 9.17) is 4.74 Å². The van der Waals surface area contributed by atoms with Crippen molar-refractivity contribution in [1.29, 1.82) is 0 Å². The fourth-order valence-electron chi connectivity index (χ4n) is 1.04. The highest BCUT2D eigenvalue weighted by Gasteiger charge is 2.43. The smallest absolute Gasteiger partial charge is 0.365 e. The third-order valence-corrected chi connectivity index (χ3v) is 3.04. The minimum Gasteiger partial charge on any atom is -0.365 e. The molecule has 1 aliphatic rings. The van der Waals surface area contributed by atoms with Crippen LogP contribution in [0.5, 0.6) is 0 Å². The minimum absolute atomic E-state index is 0.458. The Morgan fingerprint density at radius 1 is 1.54 bits per heavy atom. The number of alkyl halides is 3. The van der Waals surface area contributed by atoms with Crippen molar-refractivity contribution in [3.05, 3.63) is 21.9 Å². The molecule has 13 heavy (non-hydrogen) atoms. The highest BCUT2D eigenvalue weighted by atomic mass is 32.1. The van der Waals surface area contributed by atoms with Gasteiger partial charge in [0.1, 0.15) is 10.5 Å². The van der Waals surface area contributed by atoms with Gasteiger partial charge in [-0.3, -0.25) is 0 Å². The van der Waals surface area contributed by atoms with Crippen LogP contribution in [0.15, 0.2) is 11.4 Å². The van der Waals surface area contributed by atoms with Crippen molar-refractivity contribution >= 4 is 11.3 Å². The van der Waals surface area contributed by atoms with Gasteiger partial charge in [0.15, 0.2) is 0 Å². The Morgan fingerprint density at radius 2 is 2.15 bits per heavy atom. The van der Waals surface area contributed by atoms with Gasteiger partial charge < -0.3 is 4.74 Å². The lowest BCUT2D eigenvalue weighted by atomic mass is 10.1. The normalized spacial score (nSPS) is 27.7. The number of ether oxygens (including phenoxy) is 1. The largest absolute Gasteiger partial charge is 0.425 e. The van der Waals surface area contributed by atoms with Gasteiger partial charge in [-0.1, -0.05) is 0 Å². The summed E-state index contributed by atoms with van der Waals surface area (Å²) in [6.45, 7) is 2.30. The predicted molar refractivity (Wildman–Crippen MR) is 42.6 cm³/mol. The first-order valence-electron chi connectivity index (χ1n) is 3.72. The third kappa shape index (κ3) is 1.58. The summed E-state index contributed by atoms with van der Waals surface area (Å²) in [4.78, 5) is -0.556. The Hall–Kier alpha value is -0.550. The molecular formula is C8H7F3OS. The number of epoxide rings is 1. The third-order valence-electron chi connectivity index (χ3n) is 2.07. The molecule has 0 radical (unpaired) electrons. The molecule has 0 N–H and O–H groups in total. The molecule has 1 nitrogen and oxygen atoms in total. The Balaban J connectivity index is 2.29. The summed E-state index contributed by atoms with van der Waals surface area (Å²) in [6, 6.07) is 1.16. The molecule has 0 amide bonds. The maximum Gasteiger partial charge on any atom is 0.425 e. The molecule has 2 rings (SSSR count). The van der Waals surface area contributed by atoms with Gasteiger partial charge in [-0.15, -0.1) is 11.3 Å². The van der Waals surface area contributed by atoms with Gasteiger partial charge in [0.25, 0.3) is 0 Å². The van der Waals surface area contributed by atoms with Crippen LogP contribution >= 0.6 is 11.3 Å². The summed E-state index contributed by atoms with van der Waals surface area (Å²) in [5.74, 6) is 0. The molecule has 1 saturated heterocycles. The van der Waals surface area contributed by atoms with Crippen LogP contribution in [0, 0.1) is 0 Å². The molecule has 72 valence electrons. The summed E-state index contributed by atoms with van der Waals surface area (Å²) in [5, 5.41) is 1.51. The van der Waals surface area contributed by atoms with E-state index in [0.717, 1.165) is 17.4 Å². The van der Waals surface area contributed by atoms with Crippen molar-refractivity contribution in [3.63, 3.8) is 0 Å². The Morgan fingerprint density at radius 3 is 2.54 bits per heavy atom. The fourth-order valence-corrected chi connectivity index (χ4v) is 1.94. The van der Waals surface area contributed by atoms with Gasteiger partial charge in [-0.05, 0) is 23.9 Å². The standard InChI is InChI=1S/C8H7F3OS/c1-7(4-12-7)5-2-6(13-3-5)8(9,10)11/h2-3H,4H2,1H3. The Kier molecular flexibility index (Phi) is 1.72. The van der Waals surface area contributed by atoms with Crippen LogP contribution in [0.1, 0.15) is 17.4 Å². The van der Waals surface area contributed by atoms with E-state index in [1.165, 1.54) is 5.38 Å².